The summed E-state index contributed by atoms with van der Waals surface area (Å²) in [6, 6.07) is 0. The number of isocyanates is 2. The van der Waals surface area contributed by atoms with E-state index in [1.165, 1.54) is 9.98 Å². The van der Waals surface area contributed by atoms with Crippen LogP contribution in [0.1, 0.15) is 0 Å². The van der Waals surface area contributed by atoms with Crippen molar-refractivity contribution in [3.63, 3.8) is 0 Å². The first-order chi connectivity index (χ1) is 16.4. The van der Waals surface area contributed by atoms with Gasteiger partial charge in [0.15, 0.2) is 0 Å². The predicted octanol–water partition coefficient (Wildman–Crippen LogP) is 6.01. The smallest absolute Gasteiger partial charge is 0.211 e. The van der Waals surface area contributed by atoms with Crippen molar-refractivity contribution in [3.05, 3.63) is 0 Å². The van der Waals surface area contributed by atoms with Crippen LogP contribution >= 0.6 is 0 Å². The molecule has 0 aliphatic carbocycles. The highest BCUT2D eigenvalue weighted by Gasteiger charge is 2.97. The van der Waals surface area contributed by atoms with Gasteiger partial charge in [-0.25, -0.2) is 9.59 Å². The van der Waals surface area contributed by atoms with Crippen LogP contribution in [-0.4, -0.2) is 84.5 Å². The number of rotatable bonds is 13. The average molecular weight is 612 g/mol. The Morgan fingerprint density at radius 2 is 0.500 bits per heavy atom. The monoisotopic (exact) mass is 612 g/mol. The summed E-state index contributed by atoms with van der Waals surface area (Å²) in [6.45, 7) is -6.65. The minimum Gasteiger partial charge on any atom is -0.211 e. The van der Waals surface area contributed by atoms with E-state index in [0.717, 1.165) is 0 Å². The molecule has 0 heterocycles. The third-order valence-corrected chi connectivity index (χ3v) is 4.36. The summed E-state index contributed by atoms with van der Waals surface area (Å²) in [5.41, 5.74) is 0. The van der Waals surface area contributed by atoms with E-state index in [-0.39, 0.29) is 12.2 Å². The molecule has 0 amide bonds. The SMILES string of the molecule is O=C=NCC(F)(F)C(F)(F)C(F)(F)C(F)(F)C(F)(F)C(F)(F)C(F)(F)C(F)(F)C(F)(F)C(F)(F)CN=C=O. The molecule has 222 valence electrons. The van der Waals surface area contributed by atoms with Gasteiger partial charge in [0.05, 0.1) is 0 Å². The van der Waals surface area contributed by atoms with E-state index in [4.69, 9.17) is 0 Å². The molecule has 0 aliphatic heterocycles. The predicted molar refractivity (Wildman–Crippen MR) is 75.4 cm³/mol. The van der Waals surface area contributed by atoms with Crippen molar-refractivity contribution < 1.29 is 97.4 Å². The molecule has 0 atom stereocenters. The molecule has 4 nitrogen and oxygen atoms in total. The van der Waals surface area contributed by atoms with Crippen molar-refractivity contribution in [1.29, 1.82) is 0 Å². The number of hydrogen-bond acceptors (Lipinski definition) is 4. The molecule has 0 saturated carbocycles. The molecule has 0 saturated heterocycles. The van der Waals surface area contributed by atoms with Gasteiger partial charge in [0.2, 0.25) is 12.2 Å². The number of carbonyl (C=O) groups excluding carboxylic acids is 2. The summed E-state index contributed by atoms with van der Waals surface area (Å²) >= 11 is 0. The van der Waals surface area contributed by atoms with Crippen molar-refractivity contribution >= 4 is 12.2 Å². The van der Waals surface area contributed by atoms with Gasteiger partial charge in [-0.3, -0.25) is 0 Å². The molecular formula is C14H4F20N2O2. The van der Waals surface area contributed by atoms with Crippen LogP contribution in [0.5, 0.6) is 0 Å². The molecule has 24 heteroatoms. The molecule has 0 radical (unpaired) electrons. The van der Waals surface area contributed by atoms with Gasteiger partial charge in [-0.2, -0.15) is 97.8 Å². The third kappa shape index (κ3) is 4.47. The fraction of sp³-hybridized carbons (Fsp3) is 0.857. The van der Waals surface area contributed by atoms with Crippen molar-refractivity contribution in [2.75, 3.05) is 13.1 Å². The Bertz CT molecular complexity index is 898. The Labute approximate surface area is 193 Å². The maximum absolute atomic E-state index is 13.6. The van der Waals surface area contributed by atoms with Crippen LogP contribution in [0, 0.1) is 0 Å². The van der Waals surface area contributed by atoms with Gasteiger partial charge in [-0.15, -0.1) is 0 Å². The molecule has 0 spiro atoms. The van der Waals surface area contributed by atoms with Gasteiger partial charge < -0.3 is 0 Å². The van der Waals surface area contributed by atoms with Crippen molar-refractivity contribution in [1.82, 2.24) is 0 Å². The number of halogens is 20. The fourth-order valence-electron chi connectivity index (χ4n) is 2.10. The maximum Gasteiger partial charge on any atom is 0.385 e. The molecule has 0 fully saturated rings. The summed E-state index contributed by atoms with van der Waals surface area (Å²) in [6.07, 6.45) is -0.131. The first kappa shape index (κ1) is 35.4. The Hall–Kier alpha value is -2.64. The Morgan fingerprint density at radius 3 is 0.658 bits per heavy atom. The molecule has 0 aromatic rings. The second kappa shape index (κ2) is 9.53. The Kier molecular flexibility index (Phi) is 8.86. The van der Waals surface area contributed by atoms with Crippen LogP contribution < -0.4 is 0 Å². The molecule has 0 rings (SSSR count). The van der Waals surface area contributed by atoms with Crippen molar-refractivity contribution in [2.24, 2.45) is 9.98 Å². The van der Waals surface area contributed by atoms with Gasteiger partial charge in [0.25, 0.3) is 0 Å². The average Bonchev–Trinajstić information content (AvgIpc) is 2.74. The van der Waals surface area contributed by atoms with E-state index >= 15 is 0 Å². The highest BCUT2D eigenvalue weighted by atomic mass is 19.4. The lowest BCUT2D eigenvalue weighted by atomic mass is 9.85. The number of hydrogen-bond donors (Lipinski definition) is 0. The molecule has 0 aliphatic rings. The Balaban J connectivity index is 7.11. The zero-order chi connectivity index (χ0) is 31.2. The zero-order valence-electron chi connectivity index (χ0n) is 16.7. The summed E-state index contributed by atoms with van der Waals surface area (Å²) in [7, 11) is 0. The lowest BCUT2D eigenvalue weighted by molar-refractivity contribution is -0.468. The Morgan fingerprint density at radius 1 is 0.342 bits per heavy atom. The largest absolute Gasteiger partial charge is 0.385 e. The molecular weight excluding hydrogens is 608 g/mol. The van der Waals surface area contributed by atoms with E-state index in [1.807, 2.05) is 0 Å². The minimum atomic E-state index is -9.16. The molecule has 0 aromatic heterocycles. The number of aliphatic imine (C=N–C) groups is 2. The maximum atomic E-state index is 13.6. The first-order valence-corrected chi connectivity index (χ1v) is 8.22. The van der Waals surface area contributed by atoms with Gasteiger partial charge in [0.1, 0.15) is 13.1 Å². The van der Waals surface area contributed by atoms with E-state index in [2.05, 4.69) is 0 Å². The molecule has 0 bridgehead atoms. The standard InChI is InChI=1S/C14H4F20N2O2/c15-5(16,1-35-3-37)7(19,20)9(23,24)11(27,28)13(31,32)14(33,34)12(29,30)10(25,26)8(21,22)6(17,18)2-36-4-38/h1-2H2. The summed E-state index contributed by atoms with van der Waals surface area (Å²) < 4.78 is 269. The van der Waals surface area contributed by atoms with E-state index in [9.17, 15) is 97.4 Å². The molecule has 38 heavy (non-hydrogen) atoms. The normalized spacial score (nSPS) is 15.6. The van der Waals surface area contributed by atoms with Crippen LogP contribution in [0.25, 0.3) is 0 Å². The van der Waals surface area contributed by atoms with Crippen LogP contribution in [0.15, 0.2) is 9.98 Å². The summed E-state index contributed by atoms with van der Waals surface area (Å²) in [4.78, 5) is 22.2. The van der Waals surface area contributed by atoms with Crippen molar-refractivity contribution in [3.8, 4) is 0 Å². The highest BCUT2D eigenvalue weighted by Crippen LogP contribution is 2.66. The quantitative estimate of drug-likeness (QED) is 0.145. The lowest BCUT2D eigenvalue weighted by Crippen LogP contribution is -2.77. The van der Waals surface area contributed by atoms with Gasteiger partial charge in [-0.1, -0.05) is 0 Å². The van der Waals surface area contributed by atoms with Gasteiger partial charge in [-0.05, 0) is 0 Å². The second-order valence-corrected chi connectivity index (χ2v) is 6.82. The van der Waals surface area contributed by atoms with Crippen LogP contribution in [-0.2, 0) is 9.59 Å². The summed E-state index contributed by atoms with van der Waals surface area (Å²) in [5, 5.41) is 0. The van der Waals surface area contributed by atoms with Crippen molar-refractivity contribution in [2.45, 2.75) is 59.2 Å². The first-order valence-electron chi connectivity index (χ1n) is 8.22. The summed E-state index contributed by atoms with van der Waals surface area (Å²) in [5.74, 6) is -83.7. The molecule has 0 unspecified atom stereocenters. The third-order valence-electron chi connectivity index (χ3n) is 4.36. The number of alkyl halides is 20. The zero-order valence-corrected chi connectivity index (χ0v) is 16.7. The minimum absolute atomic E-state index is 0.0656. The van der Waals surface area contributed by atoms with Crippen LogP contribution in [0.4, 0.5) is 87.8 Å². The number of nitrogens with zero attached hydrogens (tertiary/aromatic N) is 2. The fourth-order valence-corrected chi connectivity index (χ4v) is 2.10. The van der Waals surface area contributed by atoms with Gasteiger partial charge >= 0.3 is 59.2 Å². The topological polar surface area (TPSA) is 58.9 Å². The van der Waals surface area contributed by atoms with E-state index in [1.54, 1.807) is 0 Å². The highest BCUT2D eigenvalue weighted by molar-refractivity contribution is 5.33. The van der Waals surface area contributed by atoms with Crippen LogP contribution in [0.3, 0.4) is 0 Å². The second-order valence-electron chi connectivity index (χ2n) is 6.82. The lowest BCUT2D eigenvalue weighted by Gasteiger charge is -2.44. The van der Waals surface area contributed by atoms with E-state index in [0.29, 0.717) is 0 Å². The molecule has 0 aromatic carbocycles. The van der Waals surface area contributed by atoms with Gasteiger partial charge in [0, 0.05) is 0 Å². The van der Waals surface area contributed by atoms with Crippen LogP contribution in [0.2, 0.25) is 0 Å². The van der Waals surface area contributed by atoms with E-state index < -0.39 is 72.3 Å². The molecule has 0 N–H and O–H groups in total.